The molecule has 0 saturated carbocycles. The smallest absolute Gasteiger partial charge is 0.344 e. The van der Waals surface area contributed by atoms with Crippen LogP contribution in [-0.2, 0) is 9.53 Å². The maximum atomic E-state index is 12.5. The molecule has 0 unspecified atom stereocenters. The molecule has 8 heteroatoms. The van der Waals surface area contributed by atoms with Gasteiger partial charge >= 0.3 is 5.97 Å². The second-order valence-corrected chi connectivity index (χ2v) is 7.13. The minimum Gasteiger partial charge on any atom is -0.508 e. The summed E-state index contributed by atoms with van der Waals surface area (Å²) in [4.78, 5) is 17.5. The van der Waals surface area contributed by atoms with Crippen molar-refractivity contribution >= 4 is 34.5 Å². The van der Waals surface area contributed by atoms with Crippen molar-refractivity contribution in [3.05, 3.63) is 64.3 Å². The van der Waals surface area contributed by atoms with Crippen molar-refractivity contribution in [2.24, 2.45) is 4.99 Å². The van der Waals surface area contributed by atoms with Crippen molar-refractivity contribution < 1.29 is 29.2 Å². The summed E-state index contributed by atoms with van der Waals surface area (Å²) in [7, 11) is 3.06. The molecule has 0 radical (unpaired) electrons. The van der Waals surface area contributed by atoms with Crippen molar-refractivity contribution in [2.75, 3.05) is 20.8 Å². The maximum Gasteiger partial charge on any atom is 0.344 e. The topological polar surface area (TPSA) is 97.6 Å². The van der Waals surface area contributed by atoms with Gasteiger partial charge in [0.05, 0.1) is 31.4 Å². The number of nitrogens with zero attached hydrogens (tertiary/aromatic N) is 1. The molecule has 1 aliphatic heterocycles. The molecular weight excluding hydrogens is 406 g/mol. The highest BCUT2D eigenvalue weighted by Gasteiger charge is 2.33. The molecule has 0 aliphatic carbocycles. The predicted molar refractivity (Wildman–Crippen MR) is 117 cm³/mol. The van der Waals surface area contributed by atoms with E-state index in [2.05, 4.69) is 4.99 Å². The molecule has 156 valence electrons. The number of phenolic OH excluding ortho intramolecular Hbond substituents is 1. The number of methoxy groups -OCH3 is 2. The van der Waals surface area contributed by atoms with Crippen LogP contribution >= 0.6 is 11.8 Å². The van der Waals surface area contributed by atoms with Crippen LogP contribution in [0.2, 0.25) is 0 Å². The molecular formula is C22H21NO6S. The first kappa shape index (κ1) is 21.3. The first-order valence-electron chi connectivity index (χ1n) is 9.07. The van der Waals surface area contributed by atoms with E-state index < -0.39 is 5.97 Å². The SMILES string of the molecule is CCOC(=O)C1=C(O)C(=Cc2ccc(O)cc2)SC1=Nc1ccc(OC)c(OC)c1. The summed E-state index contributed by atoms with van der Waals surface area (Å²) in [5.41, 5.74) is 1.27. The number of ether oxygens (including phenoxy) is 3. The Balaban J connectivity index is 2.04. The molecule has 1 heterocycles. The Morgan fingerprint density at radius 3 is 2.40 bits per heavy atom. The fourth-order valence-corrected chi connectivity index (χ4v) is 3.76. The predicted octanol–water partition coefficient (Wildman–Crippen LogP) is 4.60. The van der Waals surface area contributed by atoms with Crippen molar-refractivity contribution in [1.29, 1.82) is 0 Å². The van der Waals surface area contributed by atoms with E-state index in [4.69, 9.17) is 14.2 Å². The van der Waals surface area contributed by atoms with Gasteiger partial charge in [0, 0.05) is 6.07 Å². The molecule has 2 N–H and O–H groups in total. The van der Waals surface area contributed by atoms with Gasteiger partial charge in [0.2, 0.25) is 0 Å². The summed E-state index contributed by atoms with van der Waals surface area (Å²) < 4.78 is 15.6. The van der Waals surface area contributed by atoms with E-state index in [1.807, 2.05) is 0 Å². The Bertz CT molecular complexity index is 1040. The van der Waals surface area contributed by atoms with Gasteiger partial charge in [-0.15, -0.1) is 0 Å². The van der Waals surface area contributed by atoms with E-state index in [9.17, 15) is 15.0 Å². The van der Waals surface area contributed by atoms with Crippen LogP contribution in [0.15, 0.2) is 63.7 Å². The third-order valence-electron chi connectivity index (χ3n) is 4.16. The second kappa shape index (κ2) is 9.41. The Kier molecular flexibility index (Phi) is 6.68. The molecule has 7 nitrogen and oxygen atoms in total. The zero-order valence-electron chi connectivity index (χ0n) is 16.7. The number of aliphatic hydroxyl groups excluding tert-OH is 1. The molecule has 0 amide bonds. The number of carbonyl (C=O) groups is 1. The lowest BCUT2D eigenvalue weighted by Gasteiger charge is -2.08. The number of rotatable bonds is 6. The first-order valence-corrected chi connectivity index (χ1v) is 9.88. The number of aliphatic hydroxyl groups is 1. The van der Waals surface area contributed by atoms with E-state index in [1.165, 1.54) is 26.4 Å². The average molecular weight is 427 g/mol. The van der Waals surface area contributed by atoms with Gasteiger partial charge < -0.3 is 24.4 Å². The number of phenols is 1. The summed E-state index contributed by atoms with van der Waals surface area (Å²) in [6.07, 6.45) is 1.70. The van der Waals surface area contributed by atoms with Crippen molar-refractivity contribution in [1.82, 2.24) is 0 Å². The lowest BCUT2D eigenvalue weighted by atomic mass is 10.1. The molecule has 0 atom stereocenters. The van der Waals surface area contributed by atoms with Crippen molar-refractivity contribution in [2.45, 2.75) is 6.92 Å². The Hall–Kier alpha value is -3.39. The molecule has 2 aromatic carbocycles. The zero-order chi connectivity index (χ0) is 21.7. The monoisotopic (exact) mass is 427 g/mol. The third-order valence-corrected chi connectivity index (χ3v) is 5.18. The summed E-state index contributed by atoms with van der Waals surface area (Å²) in [5, 5.41) is 20.5. The Labute approximate surface area is 178 Å². The van der Waals surface area contributed by atoms with Crippen molar-refractivity contribution in [3.63, 3.8) is 0 Å². The van der Waals surface area contributed by atoms with Crippen molar-refractivity contribution in [3.8, 4) is 17.2 Å². The van der Waals surface area contributed by atoms with Gasteiger partial charge in [-0.3, -0.25) is 0 Å². The van der Waals surface area contributed by atoms with E-state index in [-0.39, 0.29) is 23.7 Å². The minimum absolute atomic E-state index is 0.00154. The number of thioether (sulfide) groups is 1. The fraction of sp³-hybridized carbons (Fsp3) is 0.182. The van der Waals surface area contributed by atoms with Crippen LogP contribution in [0, 0.1) is 0 Å². The number of esters is 1. The number of aliphatic imine (C=N–C) groups is 1. The number of carbonyl (C=O) groups excluding carboxylic acids is 1. The second-order valence-electron chi connectivity index (χ2n) is 6.10. The van der Waals surface area contributed by atoms with E-state index in [0.717, 1.165) is 17.3 Å². The molecule has 2 aromatic rings. The van der Waals surface area contributed by atoms with Crippen LogP contribution in [-0.4, -0.2) is 42.1 Å². The standard InChI is InChI=1S/C22H21NO6S/c1-4-29-22(26)19-20(25)18(11-13-5-8-15(24)9-6-13)30-21(19)23-14-7-10-16(27-2)17(12-14)28-3/h5-12,24-25H,4H2,1-3H3. The normalized spacial score (nSPS) is 16.2. The van der Waals surface area contributed by atoms with Gasteiger partial charge in [-0.2, -0.15) is 0 Å². The van der Waals surface area contributed by atoms with Gasteiger partial charge in [-0.25, -0.2) is 9.79 Å². The average Bonchev–Trinajstić information content (AvgIpc) is 3.04. The minimum atomic E-state index is -0.657. The highest BCUT2D eigenvalue weighted by Crippen LogP contribution is 2.41. The van der Waals surface area contributed by atoms with Crippen LogP contribution in [0.3, 0.4) is 0 Å². The Morgan fingerprint density at radius 1 is 1.07 bits per heavy atom. The molecule has 1 aliphatic rings. The van der Waals surface area contributed by atoms with E-state index in [1.54, 1.807) is 43.3 Å². The summed E-state index contributed by atoms with van der Waals surface area (Å²) >= 11 is 1.15. The number of aromatic hydroxyl groups is 1. The fourth-order valence-electron chi connectivity index (χ4n) is 2.73. The van der Waals surface area contributed by atoms with Crippen LogP contribution in [0.5, 0.6) is 17.2 Å². The van der Waals surface area contributed by atoms with E-state index >= 15 is 0 Å². The largest absolute Gasteiger partial charge is 0.508 e. The third kappa shape index (κ3) is 4.60. The summed E-state index contributed by atoms with van der Waals surface area (Å²) in [5.74, 6) is 0.325. The summed E-state index contributed by atoms with van der Waals surface area (Å²) in [6, 6.07) is 11.6. The van der Waals surface area contributed by atoms with Gasteiger partial charge in [0.1, 0.15) is 22.1 Å². The highest BCUT2D eigenvalue weighted by atomic mass is 32.2. The van der Waals surface area contributed by atoms with E-state index in [0.29, 0.717) is 27.1 Å². The lowest BCUT2D eigenvalue weighted by molar-refractivity contribution is -0.138. The maximum absolute atomic E-state index is 12.5. The summed E-state index contributed by atoms with van der Waals surface area (Å²) in [6.45, 7) is 1.86. The number of hydrogen-bond donors (Lipinski definition) is 2. The van der Waals surface area contributed by atoms with Crippen LogP contribution in [0.25, 0.3) is 6.08 Å². The molecule has 0 aromatic heterocycles. The first-order chi connectivity index (χ1) is 14.5. The number of benzene rings is 2. The molecule has 3 rings (SSSR count). The highest BCUT2D eigenvalue weighted by molar-refractivity contribution is 8.18. The zero-order valence-corrected chi connectivity index (χ0v) is 17.5. The molecule has 30 heavy (non-hydrogen) atoms. The van der Waals surface area contributed by atoms with Gasteiger partial charge in [0.15, 0.2) is 11.5 Å². The molecule has 0 saturated heterocycles. The molecule has 0 spiro atoms. The molecule has 0 fully saturated rings. The van der Waals surface area contributed by atoms with Gasteiger partial charge in [-0.05, 0) is 42.8 Å². The van der Waals surface area contributed by atoms with Crippen LogP contribution in [0.4, 0.5) is 5.69 Å². The Morgan fingerprint density at radius 2 is 1.77 bits per heavy atom. The quantitative estimate of drug-likeness (QED) is 0.650. The molecule has 0 bridgehead atoms. The van der Waals surface area contributed by atoms with Gasteiger partial charge in [0.25, 0.3) is 0 Å². The van der Waals surface area contributed by atoms with Gasteiger partial charge in [-0.1, -0.05) is 23.9 Å². The lowest BCUT2D eigenvalue weighted by Crippen LogP contribution is -2.12. The van der Waals surface area contributed by atoms with Crippen LogP contribution < -0.4 is 9.47 Å². The number of hydrogen-bond acceptors (Lipinski definition) is 8. The van der Waals surface area contributed by atoms with Crippen LogP contribution in [0.1, 0.15) is 12.5 Å².